The molecule has 0 unspecified atom stereocenters. The molecule has 82 valence electrons. The van der Waals surface area contributed by atoms with Gasteiger partial charge in [-0.25, -0.2) is 0 Å². The zero-order valence-electron chi connectivity index (χ0n) is 9.05. The molecule has 4 heteroatoms. The van der Waals surface area contributed by atoms with Gasteiger partial charge in [-0.2, -0.15) is 5.10 Å². The lowest BCUT2D eigenvalue weighted by Gasteiger charge is -1.99. The molecule has 2 aromatic rings. The molecule has 0 saturated carbocycles. The number of nitrogens with two attached hydrogens (primary N) is 1. The lowest BCUT2D eigenvalue weighted by molar-refractivity contribution is 0.103. The highest BCUT2D eigenvalue weighted by Crippen LogP contribution is 2.09. The van der Waals surface area contributed by atoms with E-state index in [4.69, 9.17) is 5.73 Å². The molecule has 0 aliphatic rings. The number of carbonyl (C=O) groups excluding carboxylic acids is 1. The first kappa shape index (κ1) is 10.6. The highest BCUT2D eigenvalue weighted by atomic mass is 16.1. The van der Waals surface area contributed by atoms with Crippen LogP contribution >= 0.6 is 0 Å². The van der Waals surface area contributed by atoms with Crippen molar-refractivity contribution in [3.63, 3.8) is 0 Å². The van der Waals surface area contributed by atoms with Crippen molar-refractivity contribution in [2.24, 2.45) is 12.8 Å². The SMILES string of the molecule is Cn1ccc(C(=O)c2ccc(CN)cc2)n1. The maximum absolute atomic E-state index is 12.0. The van der Waals surface area contributed by atoms with Crippen LogP contribution in [0.15, 0.2) is 36.5 Å². The summed E-state index contributed by atoms with van der Waals surface area (Å²) < 4.78 is 1.61. The zero-order valence-corrected chi connectivity index (χ0v) is 9.05. The van der Waals surface area contributed by atoms with Crippen LogP contribution in [0.25, 0.3) is 0 Å². The second-order valence-corrected chi connectivity index (χ2v) is 3.60. The lowest BCUT2D eigenvalue weighted by atomic mass is 10.1. The largest absolute Gasteiger partial charge is 0.326 e. The topological polar surface area (TPSA) is 60.9 Å². The van der Waals surface area contributed by atoms with E-state index >= 15 is 0 Å². The molecular formula is C12H13N3O. The van der Waals surface area contributed by atoms with Crippen molar-refractivity contribution in [2.75, 3.05) is 0 Å². The van der Waals surface area contributed by atoms with Crippen LogP contribution in [0.4, 0.5) is 0 Å². The number of benzene rings is 1. The first-order chi connectivity index (χ1) is 7.70. The maximum atomic E-state index is 12.0. The van der Waals surface area contributed by atoms with Crippen molar-refractivity contribution < 1.29 is 4.79 Å². The second kappa shape index (κ2) is 4.28. The Labute approximate surface area is 93.7 Å². The normalized spacial score (nSPS) is 10.4. The van der Waals surface area contributed by atoms with Crippen LogP contribution in [0.2, 0.25) is 0 Å². The summed E-state index contributed by atoms with van der Waals surface area (Å²) in [6.45, 7) is 0.484. The Morgan fingerprint density at radius 3 is 2.50 bits per heavy atom. The summed E-state index contributed by atoms with van der Waals surface area (Å²) >= 11 is 0. The number of hydrogen-bond donors (Lipinski definition) is 1. The van der Waals surface area contributed by atoms with Crippen LogP contribution in [0.1, 0.15) is 21.6 Å². The van der Waals surface area contributed by atoms with Crippen molar-refractivity contribution in [3.05, 3.63) is 53.3 Å². The van der Waals surface area contributed by atoms with Gasteiger partial charge in [-0.1, -0.05) is 24.3 Å². The number of ketones is 1. The maximum Gasteiger partial charge on any atom is 0.213 e. The number of aryl methyl sites for hydroxylation is 1. The summed E-state index contributed by atoms with van der Waals surface area (Å²) in [5.74, 6) is -0.0656. The van der Waals surface area contributed by atoms with E-state index in [1.807, 2.05) is 12.1 Å². The van der Waals surface area contributed by atoms with Gasteiger partial charge in [0.15, 0.2) is 0 Å². The molecule has 0 aliphatic carbocycles. The molecule has 0 aliphatic heterocycles. The van der Waals surface area contributed by atoms with E-state index in [-0.39, 0.29) is 5.78 Å². The minimum Gasteiger partial charge on any atom is -0.326 e. The van der Waals surface area contributed by atoms with Gasteiger partial charge in [-0.3, -0.25) is 9.48 Å². The average molecular weight is 215 g/mol. The van der Waals surface area contributed by atoms with Gasteiger partial charge in [0.1, 0.15) is 5.69 Å². The first-order valence-corrected chi connectivity index (χ1v) is 5.04. The molecule has 0 atom stereocenters. The molecule has 0 fully saturated rings. The van der Waals surface area contributed by atoms with Crippen molar-refractivity contribution in [1.82, 2.24) is 9.78 Å². The summed E-state index contributed by atoms with van der Waals surface area (Å²) in [6, 6.07) is 8.98. The van der Waals surface area contributed by atoms with E-state index in [0.717, 1.165) is 5.56 Å². The second-order valence-electron chi connectivity index (χ2n) is 3.60. The summed E-state index contributed by atoms with van der Waals surface area (Å²) in [5.41, 5.74) is 7.60. The van der Waals surface area contributed by atoms with Gasteiger partial charge >= 0.3 is 0 Å². The van der Waals surface area contributed by atoms with Gasteiger partial charge in [0.05, 0.1) is 0 Å². The van der Waals surface area contributed by atoms with Crippen LogP contribution in [0.5, 0.6) is 0 Å². The molecule has 0 spiro atoms. The molecule has 1 aromatic heterocycles. The molecule has 4 nitrogen and oxygen atoms in total. The standard InChI is InChI=1S/C12H13N3O/c1-15-7-6-11(14-15)12(16)10-4-2-9(8-13)3-5-10/h2-7H,8,13H2,1H3. The molecule has 0 radical (unpaired) electrons. The van der Waals surface area contributed by atoms with Gasteiger partial charge in [0.25, 0.3) is 0 Å². The van der Waals surface area contributed by atoms with E-state index in [0.29, 0.717) is 17.8 Å². The number of aromatic nitrogens is 2. The molecular weight excluding hydrogens is 202 g/mol. The van der Waals surface area contributed by atoms with Crippen LogP contribution in [-0.4, -0.2) is 15.6 Å². The minimum absolute atomic E-state index is 0.0656. The summed E-state index contributed by atoms with van der Waals surface area (Å²) in [4.78, 5) is 12.0. The smallest absolute Gasteiger partial charge is 0.213 e. The van der Waals surface area contributed by atoms with Crippen molar-refractivity contribution in [3.8, 4) is 0 Å². The Hall–Kier alpha value is -1.94. The van der Waals surface area contributed by atoms with Crippen molar-refractivity contribution >= 4 is 5.78 Å². The van der Waals surface area contributed by atoms with Crippen molar-refractivity contribution in [1.29, 1.82) is 0 Å². The quantitative estimate of drug-likeness (QED) is 0.780. The average Bonchev–Trinajstić information content (AvgIpc) is 2.75. The number of rotatable bonds is 3. The molecule has 0 amide bonds. The van der Waals surface area contributed by atoms with E-state index in [2.05, 4.69) is 5.10 Å². The number of nitrogens with zero attached hydrogens (tertiary/aromatic N) is 2. The third-order valence-electron chi connectivity index (χ3n) is 2.40. The van der Waals surface area contributed by atoms with E-state index in [1.165, 1.54) is 0 Å². The Bertz CT molecular complexity index is 499. The molecule has 16 heavy (non-hydrogen) atoms. The monoisotopic (exact) mass is 215 g/mol. The van der Waals surface area contributed by atoms with Crippen LogP contribution in [0, 0.1) is 0 Å². The Morgan fingerprint density at radius 2 is 2.00 bits per heavy atom. The van der Waals surface area contributed by atoms with Gasteiger partial charge in [0, 0.05) is 25.4 Å². The third-order valence-corrected chi connectivity index (χ3v) is 2.40. The minimum atomic E-state index is -0.0656. The molecule has 0 bridgehead atoms. The number of hydrogen-bond acceptors (Lipinski definition) is 3. The molecule has 2 N–H and O–H groups in total. The van der Waals surface area contributed by atoms with Gasteiger partial charge in [-0.05, 0) is 11.6 Å². The third kappa shape index (κ3) is 2.01. The highest BCUT2D eigenvalue weighted by Gasteiger charge is 2.11. The fourth-order valence-electron chi connectivity index (χ4n) is 1.48. The Morgan fingerprint density at radius 1 is 1.31 bits per heavy atom. The van der Waals surface area contributed by atoms with E-state index in [9.17, 15) is 4.79 Å². The van der Waals surface area contributed by atoms with Crippen LogP contribution < -0.4 is 5.73 Å². The fraction of sp³-hybridized carbons (Fsp3) is 0.167. The van der Waals surface area contributed by atoms with E-state index < -0.39 is 0 Å². The van der Waals surface area contributed by atoms with E-state index in [1.54, 1.807) is 36.1 Å². The van der Waals surface area contributed by atoms with Gasteiger partial charge in [0.2, 0.25) is 5.78 Å². The van der Waals surface area contributed by atoms with Crippen LogP contribution in [0.3, 0.4) is 0 Å². The Kier molecular flexibility index (Phi) is 2.83. The number of carbonyl (C=O) groups is 1. The summed E-state index contributed by atoms with van der Waals surface area (Å²) in [7, 11) is 1.79. The zero-order chi connectivity index (χ0) is 11.5. The summed E-state index contributed by atoms with van der Waals surface area (Å²) in [5, 5.41) is 4.07. The van der Waals surface area contributed by atoms with Crippen LogP contribution in [-0.2, 0) is 13.6 Å². The van der Waals surface area contributed by atoms with Gasteiger partial charge in [-0.15, -0.1) is 0 Å². The predicted molar refractivity (Wildman–Crippen MR) is 61.0 cm³/mol. The van der Waals surface area contributed by atoms with Crippen molar-refractivity contribution in [2.45, 2.75) is 6.54 Å². The van der Waals surface area contributed by atoms with Gasteiger partial charge < -0.3 is 5.73 Å². The summed E-state index contributed by atoms with van der Waals surface area (Å²) in [6.07, 6.45) is 1.75. The fourth-order valence-corrected chi connectivity index (χ4v) is 1.48. The lowest BCUT2D eigenvalue weighted by Crippen LogP contribution is -2.04. The Balaban J connectivity index is 2.27. The molecule has 1 heterocycles. The highest BCUT2D eigenvalue weighted by molar-refractivity contribution is 6.07. The molecule has 1 aromatic carbocycles. The predicted octanol–water partition coefficient (Wildman–Crippen LogP) is 1.11. The molecule has 2 rings (SSSR count). The molecule has 0 saturated heterocycles. The first-order valence-electron chi connectivity index (χ1n) is 5.04.